The van der Waals surface area contributed by atoms with E-state index in [1.54, 1.807) is 11.9 Å². The van der Waals surface area contributed by atoms with Gasteiger partial charge >= 0.3 is 0 Å². The molecule has 0 aromatic carbocycles. The van der Waals surface area contributed by atoms with E-state index >= 15 is 0 Å². The molecule has 2 aliphatic rings. The van der Waals surface area contributed by atoms with Crippen molar-refractivity contribution in [1.29, 1.82) is 0 Å². The molecule has 0 aliphatic heterocycles. The quantitative estimate of drug-likeness (QED) is 0.604. The Morgan fingerprint density at radius 2 is 1.90 bits per heavy atom. The van der Waals surface area contributed by atoms with Crippen LogP contribution in [0.1, 0.15) is 44.9 Å². The summed E-state index contributed by atoms with van der Waals surface area (Å²) in [6.45, 7) is 0.691. The summed E-state index contributed by atoms with van der Waals surface area (Å²) in [5.74, 6) is 1.09. The number of hydrogen-bond donors (Lipinski definition) is 2. The van der Waals surface area contributed by atoms with Crippen LogP contribution in [0.3, 0.4) is 0 Å². The van der Waals surface area contributed by atoms with E-state index in [0.29, 0.717) is 12.6 Å². The summed E-state index contributed by atoms with van der Waals surface area (Å²) in [4.78, 5) is 18.5. The van der Waals surface area contributed by atoms with E-state index in [-0.39, 0.29) is 11.3 Å². The molecule has 0 atom stereocenters. The van der Waals surface area contributed by atoms with Gasteiger partial charge in [-0.3, -0.25) is 9.79 Å². The average molecular weight is 280 g/mol. The predicted octanol–water partition coefficient (Wildman–Crippen LogP) is 1.35. The van der Waals surface area contributed by atoms with Crippen molar-refractivity contribution in [1.82, 2.24) is 15.5 Å². The number of nitrogens with one attached hydrogen (secondary N) is 2. The Balaban J connectivity index is 1.92. The zero-order chi connectivity index (χ0) is 14.6. The van der Waals surface area contributed by atoms with Gasteiger partial charge in [0.25, 0.3) is 0 Å². The molecule has 2 N–H and O–H groups in total. The molecule has 0 heterocycles. The largest absolute Gasteiger partial charge is 0.355 e. The maximum Gasteiger partial charge on any atom is 0.230 e. The average Bonchev–Trinajstić information content (AvgIpc) is 2.86. The Hall–Kier alpha value is -1.26. The molecule has 0 bridgehead atoms. The molecule has 2 aliphatic carbocycles. The van der Waals surface area contributed by atoms with Gasteiger partial charge in [0, 0.05) is 33.7 Å². The molecule has 0 aromatic rings. The first-order valence-corrected chi connectivity index (χ1v) is 7.76. The van der Waals surface area contributed by atoms with Gasteiger partial charge in [-0.05, 0) is 32.1 Å². The Labute approximate surface area is 122 Å². The standard InChI is InChI=1S/C15H28N4O/c1-16-14(18-12-7-6-8-12)17-11-15(9-4-5-10-15)13(20)19(2)3/h12H,4-11H2,1-3H3,(H2,16,17,18). The van der Waals surface area contributed by atoms with Gasteiger partial charge in [-0.15, -0.1) is 0 Å². The van der Waals surface area contributed by atoms with Crippen LogP contribution in [0.25, 0.3) is 0 Å². The van der Waals surface area contributed by atoms with Crippen molar-refractivity contribution >= 4 is 11.9 Å². The van der Waals surface area contributed by atoms with Crippen LogP contribution in [-0.4, -0.2) is 50.5 Å². The number of rotatable bonds is 4. The fraction of sp³-hybridized carbons (Fsp3) is 0.867. The zero-order valence-corrected chi connectivity index (χ0v) is 13.0. The molecule has 0 spiro atoms. The Morgan fingerprint density at radius 3 is 2.35 bits per heavy atom. The van der Waals surface area contributed by atoms with Crippen LogP contribution < -0.4 is 10.6 Å². The van der Waals surface area contributed by atoms with Crippen LogP contribution >= 0.6 is 0 Å². The second kappa shape index (κ2) is 6.46. The third-order valence-corrected chi connectivity index (χ3v) is 4.68. The van der Waals surface area contributed by atoms with Gasteiger partial charge in [-0.1, -0.05) is 12.8 Å². The monoisotopic (exact) mass is 280 g/mol. The lowest BCUT2D eigenvalue weighted by atomic mass is 9.84. The minimum atomic E-state index is -0.235. The van der Waals surface area contributed by atoms with E-state index in [2.05, 4.69) is 15.6 Å². The molecule has 1 amide bonds. The van der Waals surface area contributed by atoms with Gasteiger partial charge in [0.05, 0.1) is 5.41 Å². The van der Waals surface area contributed by atoms with Gasteiger partial charge in [-0.25, -0.2) is 0 Å². The van der Waals surface area contributed by atoms with E-state index in [4.69, 9.17) is 0 Å². The lowest BCUT2D eigenvalue weighted by molar-refractivity contribution is -0.138. The lowest BCUT2D eigenvalue weighted by Crippen LogP contribution is -2.51. The number of amides is 1. The van der Waals surface area contributed by atoms with Crippen molar-refractivity contribution in [3.63, 3.8) is 0 Å². The summed E-state index contributed by atoms with van der Waals surface area (Å²) in [5, 5.41) is 6.80. The highest BCUT2D eigenvalue weighted by Gasteiger charge is 2.42. The van der Waals surface area contributed by atoms with Crippen LogP contribution in [0.15, 0.2) is 4.99 Å². The summed E-state index contributed by atoms with van der Waals surface area (Å²) < 4.78 is 0. The van der Waals surface area contributed by atoms with Crippen LogP contribution in [-0.2, 0) is 4.79 Å². The van der Waals surface area contributed by atoms with Gasteiger partial charge in [0.1, 0.15) is 0 Å². The second-order valence-corrected chi connectivity index (χ2v) is 6.38. The Bertz CT molecular complexity index is 368. The van der Waals surface area contributed by atoms with E-state index in [1.165, 1.54) is 19.3 Å². The molecule has 20 heavy (non-hydrogen) atoms. The number of guanidine groups is 1. The van der Waals surface area contributed by atoms with E-state index in [0.717, 1.165) is 31.6 Å². The van der Waals surface area contributed by atoms with E-state index in [1.807, 2.05) is 14.1 Å². The van der Waals surface area contributed by atoms with Crippen molar-refractivity contribution < 1.29 is 4.79 Å². The molecular weight excluding hydrogens is 252 g/mol. The summed E-state index contributed by atoms with van der Waals surface area (Å²) in [5.41, 5.74) is -0.235. The molecule has 2 rings (SSSR count). The number of carbonyl (C=O) groups is 1. The van der Waals surface area contributed by atoms with E-state index < -0.39 is 0 Å². The lowest BCUT2D eigenvalue weighted by Gasteiger charge is -2.33. The Morgan fingerprint density at radius 1 is 1.25 bits per heavy atom. The van der Waals surface area contributed by atoms with Crippen LogP contribution in [0.5, 0.6) is 0 Å². The third kappa shape index (κ3) is 3.25. The molecule has 5 heteroatoms. The van der Waals surface area contributed by atoms with Crippen molar-refractivity contribution in [2.24, 2.45) is 10.4 Å². The smallest absolute Gasteiger partial charge is 0.230 e. The minimum absolute atomic E-state index is 0.235. The first kappa shape index (κ1) is 15.1. The number of nitrogens with zero attached hydrogens (tertiary/aromatic N) is 2. The molecule has 2 saturated carbocycles. The highest BCUT2D eigenvalue weighted by Crippen LogP contribution is 2.38. The van der Waals surface area contributed by atoms with Crippen molar-refractivity contribution in [3.05, 3.63) is 0 Å². The zero-order valence-electron chi connectivity index (χ0n) is 13.0. The first-order chi connectivity index (χ1) is 9.57. The number of carbonyl (C=O) groups excluding carboxylic acids is 1. The molecule has 114 valence electrons. The summed E-state index contributed by atoms with van der Waals surface area (Å²) in [6.07, 6.45) is 8.02. The van der Waals surface area contributed by atoms with Gasteiger partial charge in [-0.2, -0.15) is 0 Å². The van der Waals surface area contributed by atoms with Gasteiger partial charge in [0.15, 0.2) is 5.96 Å². The molecule has 0 unspecified atom stereocenters. The first-order valence-electron chi connectivity index (χ1n) is 7.76. The minimum Gasteiger partial charge on any atom is -0.355 e. The molecule has 0 saturated heterocycles. The van der Waals surface area contributed by atoms with Gasteiger partial charge < -0.3 is 15.5 Å². The summed E-state index contributed by atoms with van der Waals surface area (Å²) in [7, 11) is 5.50. The maximum absolute atomic E-state index is 12.5. The molecular formula is C15H28N4O. The Kier molecular flexibility index (Phi) is 4.89. The normalized spacial score (nSPS) is 22.2. The van der Waals surface area contributed by atoms with Crippen LogP contribution in [0, 0.1) is 5.41 Å². The fourth-order valence-electron chi connectivity index (χ4n) is 3.19. The topological polar surface area (TPSA) is 56.7 Å². The molecule has 2 fully saturated rings. The third-order valence-electron chi connectivity index (χ3n) is 4.68. The second-order valence-electron chi connectivity index (χ2n) is 6.38. The van der Waals surface area contributed by atoms with Crippen molar-refractivity contribution in [2.75, 3.05) is 27.7 Å². The molecule has 0 aromatic heterocycles. The fourth-order valence-corrected chi connectivity index (χ4v) is 3.19. The van der Waals surface area contributed by atoms with E-state index in [9.17, 15) is 4.79 Å². The molecule has 5 nitrogen and oxygen atoms in total. The SMILES string of the molecule is CN=C(NCC1(C(=O)N(C)C)CCCC1)NC1CCC1. The maximum atomic E-state index is 12.5. The number of aliphatic imine (C=N–C) groups is 1. The molecule has 0 radical (unpaired) electrons. The van der Waals surface area contributed by atoms with Crippen molar-refractivity contribution in [2.45, 2.75) is 51.0 Å². The summed E-state index contributed by atoms with van der Waals surface area (Å²) >= 11 is 0. The van der Waals surface area contributed by atoms with Crippen LogP contribution in [0.4, 0.5) is 0 Å². The predicted molar refractivity (Wildman–Crippen MR) is 81.7 cm³/mol. The highest BCUT2D eigenvalue weighted by molar-refractivity contribution is 5.85. The number of hydrogen-bond acceptors (Lipinski definition) is 2. The van der Waals surface area contributed by atoms with Gasteiger partial charge in [0.2, 0.25) is 5.91 Å². The van der Waals surface area contributed by atoms with Crippen LogP contribution in [0.2, 0.25) is 0 Å². The highest BCUT2D eigenvalue weighted by atomic mass is 16.2. The van der Waals surface area contributed by atoms with Crippen molar-refractivity contribution in [3.8, 4) is 0 Å². The summed E-state index contributed by atoms with van der Waals surface area (Å²) in [6, 6.07) is 0.560.